The lowest BCUT2D eigenvalue weighted by molar-refractivity contribution is -0.146. The third kappa shape index (κ3) is 4.12. The van der Waals surface area contributed by atoms with Crippen LogP contribution in [0.5, 0.6) is 0 Å². The van der Waals surface area contributed by atoms with E-state index in [9.17, 15) is 19.5 Å². The molecule has 3 aliphatic heterocycles. The van der Waals surface area contributed by atoms with Gasteiger partial charge in [-0.2, -0.15) is 0 Å². The Labute approximate surface area is 256 Å². The Kier molecular flexibility index (Phi) is 6.57. The molecule has 0 aliphatic carbocycles. The number of carbonyl (C=O) groups excluding carboxylic acids is 2. The second-order valence-corrected chi connectivity index (χ2v) is 16.8. The quantitative estimate of drug-likeness (QED) is 0.242. The monoisotopic (exact) mass is 612 g/mol. The zero-order valence-corrected chi connectivity index (χ0v) is 26.0. The Morgan fingerprint density at radius 2 is 1.72 bits per heavy atom. The van der Waals surface area contributed by atoms with Crippen LogP contribution in [-0.4, -0.2) is 42.7 Å². The molecule has 0 unspecified atom stereocenters. The van der Waals surface area contributed by atoms with Crippen molar-refractivity contribution in [1.29, 1.82) is 0 Å². The average molecular weight is 613 g/mol. The number of anilines is 3. The number of rotatable bonds is 6. The molecule has 1 fully saturated rings. The van der Waals surface area contributed by atoms with E-state index in [1.807, 2.05) is 86.7 Å². The Hall–Kier alpha value is -3.53. The summed E-state index contributed by atoms with van der Waals surface area (Å²) in [7, 11) is -2.79. The molecule has 2 amide bonds. The summed E-state index contributed by atoms with van der Waals surface area (Å²) in [5.74, 6) is -0.621. The van der Waals surface area contributed by atoms with Crippen LogP contribution in [0.15, 0.2) is 78.9 Å². The number of ether oxygens (including phenoxy) is 1. The highest BCUT2D eigenvalue weighted by molar-refractivity contribution is 6.71. The Morgan fingerprint density at radius 1 is 0.977 bits per heavy atom. The van der Waals surface area contributed by atoms with Gasteiger partial charge in [0.2, 0.25) is 0 Å². The highest BCUT2D eigenvalue weighted by Crippen LogP contribution is 2.60. The number of hydrogen-bond acceptors (Lipinski definition) is 5. The maximum Gasteiger partial charge on any atom is 0.264 e. The van der Waals surface area contributed by atoms with E-state index in [0.717, 1.165) is 27.7 Å². The van der Waals surface area contributed by atoms with Gasteiger partial charge in [-0.05, 0) is 72.9 Å². The van der Waals surface area contributed by atoms with Crippen molar-refractivity contribution >= 4 is 59.6 Å². The van der Waals surface area contributed by atoms with Gasteiger partial charge < -0.3 is 19.5 Å². The molecule has 0 saturated carbocycles. The normalized spacial score (nSPS) is 24.6. The van der Waals surface area contributed by atoms with E-state index >= 15 is 0 Å². The number of carbonyl (C=O) groups is 2. The molecular formula is C34H33ClN2O5Si. The van der Waals surface area contributed by atoms with Gasteiger partial charge in [-0.15, -0.1) is 0 Å². The van der Waals surface area contributed by atoms with Crippen LogP contribution < -0.4 is 9.80 Å². The summed E-state index contributed by atoms with van der Waals surface area (Å²) >= 11 is 6.49. The Balaban J connectivity index is 1.27. The van der Waals surface area contributed by atoms with Gasteiger partial charge in [-0.25, -0.2) is 0 Å². The molecule has 9 heteroatoms. The lowest BCUT2D eigenvalue weighted by Gasteiger charge is -2.32. The van der Waals surface area contributed by atoms with Crippen molar-refractivity contribution in [3.8, 4) is 0 Å². The summed E-state index contributed by atoms with van der Waals surface area (Å²) in [6, 6.07) is 24.8. The fourth-order valence-corrected chi connectivity index (χ4v) is 10.5. The second-order valence-electron chi connectivity index (χ2n) is 12.4. The molecule has 7 nitrogen and oxygen atoms in total. The summed E-state index contributed by atoms with van der Waals surface area (Å²) < 4.78 is 6.66. The summed E-state index contributed by atoms with van der Waals surface area (Å²) in [6.07, 6.45) is -0.130. The van der Waals surface area contributed by atoms with Crippen molar-refractivity contribution in [2.75, 3.05) is 16.4 Å². The molecule has 220 valence electrons. The maximum atomic E-state index is 14.6. The van der Waals surface area contributed by atoms with Crippen LogP contribution in [0.1, 0.15) is 34.8 Å². The summed E-state index contributed by atoms with van der Waals surface area (Å²) in [5, 5.41) is 12.3. The van der Waals surface area contributed by atoms with Crippen LogP contribution >= 0.6 is 11.6 Å². The third-order valence-electron chi connectivity index (χ3n) is 9.43. The highest BCUT2D eigenvalue weighted by Gasteiger charge is 2.66. The molecule has 7 rings (SSSR count). The number of hydrogen-bond donors (Lipinski definition) is 2. The van der Waals surface area contributed by atoms with Crippen LogP contribution in [0.25, 0.3) is 10.8 Å². The molecule has 0 aromatic heterocycles. The van der Waals surface area contributed by atoms with Crippen molar-refractivity contribution in [3.05, 3.63) is 101 Å². The van der Waals surface area contributed by atoms with Gasteiger partial charge in [0.25, 0.3) is 11.8 Å². The number of halogens is 1. The van der Waals surface area contributed by atoms with E-state index in [1.165, 1.54) is 0 Å². The first kappa shape index (κ1) is 28.2. The number of nitrogens with zero attached hydrogens (tertiary/aromatic N) is 2. The fourth-order valence-electron chi connectivity index (χ4n) is 7.75. The van der Waals surface area contributed by atoms with Crippen molar-refractivity contribution in [1.82, 2.24) is 0 Å². The zero-order valence-electron chi connectivity index (χ0n) is 24.3. The lowest BCUT2D eigenvalue weighted by atomic mass is 9.82. The summed E-state index contributed by atoms with van der Waals surface area (Å²) in [4.78, 5) is 42.9. The van der Waals surface area contributed by atoms with Gasteiger partial charge in [0.15, 0.2) is 13.9 Å². The largest absolute Gasteiger partial charge is 0.432 e. The van der Waals surface area contributed by atoms with Crippen molar-refractivity contribution in [2.24, 2.45) is 5.92 Å². The number of benzene rings is 4. The fraction of sp³-hybridized carbons (Fsp3) is 0.294. The minimum Gasteiger partial charge on any atom is -0.432 e. The van der Waals surface area contributed by atoms with Gasteiger partial charge in [0, 0.05) is 39.7 Å². The molecule has 1 saturated heterocycles. The van der Waals surface area contributed by atoms with Crippen molar-refractivity contribution < 1.29 is 24.2 Å². The first-order chi connectivity index (χ1) is 20.6. The zero-order chi connectivity index (χ0) is 30.3. The topological polar surface area (TPSA) is 90.3 Å². The standard InChI is InChI=1S/C34H33ClN2O5Si/c1-20-31(43(2,3)41)29(15-16-38)42-34(20)26-18-23(35)13-14-27(26)36(33(34)40)19-21-7-4-10-24(17-21)37-28-12-6-9-22-8-5-11-25(30(22)28)32(37)39/h4-14,17-18,20,29,31,38,41H,15-16,19H2,1-3H3/t20-,29+,31-,34+/m0/s1. The molecule has 3 heterocycles. The highest BCUT2D eigenvalue weighted by atomic mass is 35.5. The third-order valence-corrected chi connectivity index (χ3v) is 12.2. The van der Waals surface area contributed by atoms with E-state index in [-0.39, 0.29) is 36.4 Å². The summed E-state index contributed by atoms with van der Waals surface area (Å²) in [6.45, 7) is 5.85. The van der Waals surface area contributed by atoms with Crippen LogP contribution in [0.4, 0.5) is 17.1 Å². The molecule has 43 heavy (non-hydrogen) atoms. The smallest absolute Gasteiger partial charge is 0.264 e. The van der Waals surface area contributed by atoms with Gasteiger partial charge >= 0.3 is 0 Å². The minimum absolute atomic E-state index is 0.0786. The average Bonchev–Trinajstić information content (AvgIpc) is 3.52. The van der Waals surface area contributed by atoms with Gasteiger partial charge in [-0.1, -0.05) is 54.9 Å². The van der Waals surface area contributed by atoms with Gasteiger partial charge in [-0.3, -0.25) is 14.5 Å². The Bertz CT molecular complexity index is 1800. The number of aliphatic hydroxyl groups is 1. The van der Waals surface area contributed by atoms with Crippen molar-refractivity contribution in [2.45, 2.75) is 50.2 Å². The van der Waals surface area contributed by atoms with E-state index in [1.54, 1.807) is 21.9 Å². The van der Waals surface area contributed by atoms with Crippen LogP contribution in [0.3, 0.4) is 0 Å². The van der Waals surface area contributed by atoms with Crippen LogP contribution in [-0.2, 0) is 21.7 Å². The number of amides is 2. The number of fused-ring (bicyclic) bond motifs is 2. The molecule has 0 bridgehead atoms. The molecule has 4 aromatic rings. The van der Waals surface area contributed by atoms with Crippen molar-refractivity contribution in [3.63, 3.8) is 0 Å². The van der Waals surface area contributed by atoms with Gasteiger partial charge in [0.1, 0.15) is 0 Å². The molecular weight excluding hydrogens is 580 g/mol. The van der Waals surface area contributed by atoms with Crippen LogP contribution in [0.2, 0.25) is 23.7 Å². The molecule has 0 radical (unpaired) electrons. The Morgan fingerprint density at radius 3 is 2.47 bits per heavy atom. The summed E-state index contributed by atoms with van der Waals surface area (Å²) in [5.41, 5.74) is 2.92. The maximum absolute atomic E-state index is 14.6. The molecule has 4 aromatic carbocycles. The first-order valence-corrected chi connectivity index (χ1v) is 18.0. The first-order valence-electron chi connectivity index (χ1n) is 14.6. The van der Waals surface area contributed by atoms with E-state index < -0.39 is 20.0 Å². The SMILES string of the molecule is C[C@H]1[C@H]([Si](C)(C)O)[C@@H](CCO)O[C@]12C(=O)N(Cc1cccc(N3C(=O)c4cccc5cccc3c45)c1)c1ccc(Cl)cc12. The second kappa shape index (κ2) is 10.0. The molecule has 1 spiro atoms. The molecule has 2 N–H and O–H groups in total. The van der Waals surface area contributed by atoms with E-state index in [2.05, 4.69) is 0 Å². The predicted octanol–water partition coefficient (Wildman–Crippen LogP) is 6.51. The van der Waals surface area contributed by atoms with E-state index in [0.29, 0.717) is 28.3 Å². The lowest BCUT2D eigenvalue weighted by Crippen LogP contribution is -2.46. The van der Waals surface area contributed by atoms with E-state index in [4.69, 9.17) is 16.3 Å². The van der Waals surface area contributed by atoms with Gasteiger partial charge in [0.05, 0.1) is 29.6 Å². The van der Waals surface area contributed by atoms with Crippen LogP contribution in [0, 0.1) is 5.92 Å². The predicted molar refractivity (Wildman–Crippen MR) is 170 cm³/mol. The molecule has 3 aliphatic rings. The number of aliphatic hydroxyl groups excluding tert-OH is 1. The minimum atomic E-state index is -2.79. The molecule has 4 atom stereocenters.